The Labute approximate surface area is 104 Å². The van der Waals surface area contributed by atoms with Crippen LogP contribution >= 0.6 is 0 Å². The minimum atomic E-state index is -0.706. The van der Waals surface area contributed by atoms with Crippen LogP contribution in [0.5, 0.6) is 0 Å². The number of rotatable bonds is 7. The van der Waals surface area contributed by atoms with Gasteiger partial charge in [-0.05, 0) is 12.1 Å². The Bertz CT molecular complexity index is 414. The van der Waals surface area contributed by atoms with Crippen LogP contribution < -0.4 is 5.32 Å². The van der Waals surface area contributed by atoms with Crippen molar-refractivity contribution in [2.24, 2.45) is 0 Å². The van der Waals surface area contributed by atoms with E-state index in [1.54, 1.807) is 0 Å². The summed E-state index contributed by atoms with van der Waals surface area (Å²) in [6.45, 7) is 0.481. The molecule has 0 aliphatic heterocycles. The summed E-state index contributed by atoms with van der Waals surface area (Å²) in [5.41, 5.74) is 0.0924. The van der Waals surface area contributed by atoms with Crippen LogP contribution in [0.2, 0.25) is 0 Å². The maximum Gasteiger partial charge on any atom is 0.274 e. The molecule has 0 fully saturated rings. The topological polar surface area (TPSA) is 84.6 Å². The fourth-order valence-corrected chi connectivity index (χ4v) is 1.50. The molecule has 1 unspecified atom stereocenters. The van der Waals surface area contributed by atoms with Gasteiger partial charge in [0, 0.05) is 31.8 Å². The van der Waals surface area contributed by atoms with Crippen molar-refractivity contribution in [2.75, 3.05) is 20.3 Å². The highest BCUT2D eigenvalue weighted by Crippen LogP contribution is 2.19. The minimum absolute atomic E-state index is 0.106. The van der Waals surface area contributed by atoms with E-state index >= 15 is 0 Å². The molecule has 0 aromatic heterocycles. The average Bonchev–Trinajstić information content (AvgIpc) is 2.29. The number of methoxy groups -OCH3 is 1. The molecule has 0 heterocycles. The van der Waals surface area contributed by atoms with Gasteiger partial charge in [-0.25, -0.2) is 4.39 Å². The molecular formula is C11H15FN2O4. The van der Waals surface area contributed by atoms with E-state index in [-0.39, 0.29) is 30.9 Å². The third-order valence-electron chi connectivity index (χ3n) is 2.29. The first kappa shape index (κ1) is 14.5. The van der Waals surface area contributed by atoms with Gasteiger partial charge in [0.15, 0.2) is 0 Å². The van der Waals surface area contributed by atoms with E-state index in [1.807, 2.05) is 0 Å². The SMILES string of the molecule is COCC(O)CNCc1cc(F)ccc1[N+](=O)[O-]. The van der Waals surface area contributed by atoms with Crippen molar-refractivity contribution in [3.05, 3.63) is 39.7 Å². The summed E-state index contributed by atoms with van der Waals surface area (Å²) in [5.74, 6) is -0.533. The van der Waals surface area contributed by atoms with E-state index in [1.165, 1.54) is 7.11 Å². The smallest absolute Gasteiger partial charge is 0.274 e. The summed E-state index contributed by atoms with van der Waals surface area (Å²) < 4.78 is 17.7. The first-order valence-electron chi connectivity index (χ1n) is 5.35. The fourth-order valence-electron chi connectivity index (χ4n) is 1.50. The maximum atomic E-state index is 13.0. The van der Waals surface area contributed by atoms with Gasteiger partial charge in [0.2, 0.25) is 0 Å². The molecule has 0 amide bonds. The van der Waals surface area contributed by atoms with E-state index in [2.05, 4.69) is 5.32 Å². The number of halogens is 1. The molecule has 0 saturated carbocycles. The lowest BCUT2D eigenvalue weighted by atomic mass is 10.1. The first-order chi connectivity index (χ1) is 8.54. The van der Waals surface area contributed by atoms with E-state index in [0.29, 0.717) is 0 Å². The standard InChI is InChI=1S/C11H15FN2O4/c1-18-7-10(15)6-13-5-8-4-9(12)2-3-11(8)14(16)17/h2-4,10,13,15H,5-7H2,1H3. The van der Waals surface area contributed by atoms with E-state index < -0.39 is 16.8 Å². The monoisotopic (exact) mass is 258 g/mol. The number of nitro benzene ring substituents is 1. The third-order valence-corrected chi connectivity index (χ3v) is 2.29. The highest BCUT2D eigenvalue weighted by Gasteiger charge is 2.14. The molecule has 0 radical (unpaired) electrons. The van der Waals surface area contributed by atoms with Crippen molar-refractivity contribution in [1.29, 1.82) is 0 Å². The summed E-state index contributed by atoms with van der Waals surface area (Å²) >= 11 is 0. The quantitative estimate of drug-likeness (QED) is 0.559. The Balaban J connectivity index is 2.60. The van der Waals surface area contributed by atoms with E-state index in [0.717, 1.165) is 18.2 Å². The van der Waals surface area contributed by atoms with Crippen LogP contribution in [0.25, 0.3) is 0 Å². The number of hydrogen-bond acceptors (Lipinski definition) is 5. The molecule has 100 valence electrons. The van der Waals surface area contributed by atoms with Gasteiger partial charge >= 0.3 is 0 Å². The Morgan fingerprint density at radius 1 is 1.61 bits per heavy atom. The molecular weight excluding hydrogens is 243 g/mol. The van der Waals surface area contributed by atoms with Crippen LogP contribution in [-0.2, 0) is 11.3 Å². The van der Waals surface area contributed by atoms with Crippen LogP contribution in [0, 0.1) is 15.9 Å². The average molecular weight is 258 g/mol. The number of hydrogen-bond donors (Lipinski definition) is 2. The number of nitro groups is 1. The van der Waals surface area contributed by atoms with Crippen LogP contribution in [0.15, 0.2) is 18.2 Å². The van der Waals surface area contributed by atoms with Gasteiger partial charge in [0.05, 0.1) is 17.6 Å². The molecule has 6 nitrogen and oxygen atoms in total. The highest BCUT2D eigenvalue weighted by atomic mass is 19.1. The Morgan fingerprint density at radius 3 is 2.94 bits per heavy atom. The summed E-state index contributed by atoms with van der Waals surface area (Å²) in [4.78, 5) is 10.2. The molecule has 1 rings (SSSR count). The zero-order chi connectivity index (χ0) is 13.5. The molecule has 1 aromatic carbocycles. The van der Waals surface area contributed by atoms with Crippen LogP contribution in [0.3, 0.4) is 0 Å². The lowest BCUT2D eigenvalue weighted by Crippen LogP contribution is -2.29. The largest absolute Gasteiger partial charge is 0.389 e. The Morgan fingerprint density at radius 2 is 2.33 bits per heavy atom. The normalized spacial score (nSPS) is 12.4. The number of nitrogens with zero attached hydrogens (tertiary/aromatic N) is 1. The molecule has 2 N–H and O–H groups in total. The molecule has 0 aliphatic carbocycles. The summed E-state index contributed by atoms with van der Waals surface area (Å²) in [5, 5.41) is 22.9. The lowest BCUT2D eigenvalue weighted by Gasteiger charge is -2.10. The van der Waals surface area contributed by atoms with Gasteiger partial charge in [-0.15, -0.1) is 0 Å². The molecule has 0 aliphatic rings. The van der Waals surface area contributed by atoms with Crippen molar-refractivity contribution in [2.45, 2.75) is 12.6 Å². The number of aliphatic hydroxyl groups is 1. The molecule has 1 aromatic rings. The second kappa shape index (κ2) is 7.00. The number of nitrogens with one attached hydrogen (secondary N) is 1. The predicted molar refractivity (Wildman–Crippen MR) is 62.6 cm³/mol. The molecule has 7 heteroatoms. The predicted octanol–water partition coefficient (Wildman–Crippen LogP) is 0.831. The second-order valence-corrected chi connectivity index (χ2v) is 3.77. The van der Waals surface area contributed by atoms with Crippen LogP contribution in [-0.4, -0.2) is 36.4 Å². The number of aliphatic hydroxyl groups excluding tert-OH is 1. The molecule has 0 bridgehead atoms. The third kappa shape index (κ3) is 4.36. The summed E-state index contributed by atoms with van der Waals surface area (Å²) in [6.07, 6.45) is -0.706. The molecule has 0 saturated heterocycles. The van der Waals surface area contributed by atoms with Gasteiger partial charge < -0.3 is 15.2 Å². The highest BCUT2D eigenvalue weighted by molar-refractivity contribution is 5.40. The second-order valence-electron chi connectivity index (χ2n) is 3.77. The van der Waals surface area contributed by atoms with Crippen molar-refractivity contribution in [3.63, 3.8) is 0 Å². The van der Waals surface area contributed by atoms with E-state index in [9.17, 15) is 19.6 Å². The number of ether oxygens (including phenoxy) is 1. The van der Waals surface area contributed by atoms with Gasteiger partial charge in [-0.1, -0.05) is 0 Å². The molecule has 1 atom stereocenters. The zero-order valence-corrected chi connectivity index (χ0v) is 9.93. The van der Waals surface area contributed by atoms with Gasteiger partial charge in [-0.2, -0.15) is 0 Å². The van der Waals surface area contributed by atoms with Crippen molar-refractivity contribution in [1.82, 2.24) is 5.32 Å². The molecule has 0 spiro atoms. The minimum Gasteiger partial charge on any atom is -0.389 e. The van der Waals surface area contributed by atoms with Crippen molar-refractivity contribution >= 4 is 5.69 Å². The van der Waals surface area contributed by atoms with Gasteiger partial charge in [-0.3, -0.25) is 10.1 Å². The first-order valence-corrected chi connectivity index (χ1v) is 5.35. The van der Waals surface area contributed by atoms with Crippen molar-refractivity contribution < 1.29 is 19.2 Å². The van der Waals surface area contributed by atoms with Crippen LogP contribution in [0.4, 0.5) is 10.1 Å². The zero-order valence-electron chi connectivity index (χ0n) is 9.93. The van der Waals surface area contributed by atoms with Crippen molar-refractivity contribution in [3.8, 4) is 0 Å². The number of benzene rings is 1. The maximum absolute atomic E-state index is 13.0. The van der Waals surface area contributed by atoms with Gasteiger partial charge in [0.1, 0.15) is 5.82 Å². The Hall–Kier alpha value is -1.57. The Kier molecular flexibility index (Phi) is 5.63. The van der Waals surface area contributed by atoms with E-state index in [4.69, 9.17) is 4.74 Å². The van der Waals surface area contributed by atoms with Gasteiger partial charge in [0.25, 0.3) is 5.69 Å². The summed E-state index contributed by atoms with van der Waals surface area (Å²) in [6, 6.07) is 3.27. The van der Waals surface area contributed by atoms with Crippen LogP contribution in [0.1, 0.15) is 5.56 Å². The lowest BCUT2D eigenvalue weighted by molar-refractivity contribution is -0.385. The summed E-state index contributed by atoms with van der Waals surface area (Å²) in [7, 11) is 1.46. The fraction of sp³-hybridized carbons (Fsp3) is 0.455. The molecule has 18 heavy (non-hydrogen) atoms.